The summed E-state index contributed by atoms with van der Waals surface area (Å²) in [6.45, 7) is -0.245. The Morgan fingerprint density at radius 3 is 2.86 bits per heavy atom. The number of nitrogens with one attached hydrogen (secondary N) is 1. The summed E-state index contributed by atoms with van der Waals surface area (Å²) < 4.78 is 18.7. The summed E-state index contributed by atoms with van der Waals surface area (Å²) in [6.07, 6.45) is 0. The minimum Gasteiger partial charge on any atom is -0.456 e. The quantitative estimate of drug-likeness (QED) is 0.750. The Hall–Kier alpha value is -2.40. The molecule has 0 spiro atoms. The average Bonchev–Trinajstić information content (AvgIpc) is 2.90. The van der Waals surface area contributed by atoms with Crippen molar-refractivity contribution in [2.75, 3.05) is 0 Å². The van der Waals surface area contributed by atoms with Gasteiger partial charge in [0.1, 0.15) is 12.4 Å². The van der Waals surface area contributed by atoms with Crippen LogP contribution in [0.2, 0.25) is 5.02 Å². The van der Waals surface area contributed by atoms with Crippen LogP contribution in [0.5, 0.6) is 0 Å². The number of carbonyl (C=O) groups excluding carboxylic acids is 1. The fourth-order valence-corrected chi connectivity index (χ4v) is 2.21. The minimum absolute atomic E-state index is 0.146. The molecule has 0 aliphatic rings. The second-order valence-electron chi connectivity index (χ2n) is 4.39. The highest BCUT2D eigenvalue weighted by atomic mass is 35.5. The lowest BCUT2D eigenvalue weighted by Crippen LogP contribution is -2.07. The molecule has 106 valence electrons. The molecule has 4 nitrogen and oxygen atoms in total. The molecule has 1 N–H and O–H groups in total. The monoisotopic (exact) mass is 304 g/mol. The highest BCUT2D eigenvalue weighted by Crippen LogP contribution is 2.21. The maximum absolute atomic E-state index is 13.6. The smallest absolute Gasteiger partial charge is 0.359 e. The van der Waals surface area contributed by atoms with E-state index >= 15 is 0 Å². The molecule has 0 aliphatic carbocycles. The molecule has 0 fully saturated rings. The number of nitrogens with zero attached hydrogens (tertiary/aromatic N) is 1. The van der Waals surface area contributed by atoms with Crippen molar-refractivity contribution in [3.63, 3.8) is 0 Å². The van der Waals surface area contributed by atoms with Crippen LogP contribution in [-0.2, 0) is 11.3 Å². The number of carbonyl (C=O) groups is 1. The van der Waals surface area contributed by atoms with Gasteiger partial charge >= 0.3 is 5.97 Å². The lowest BCUT2D eigenvalue weighted by atomic mass is 10.2. The Kier molecular flexibility index (Phi) is 3.58. The van der Waals surface area contributed by atoms with Crippen molar-refractivity contribution in [1.82, 2.24) is 10.2 Å². The second kappa shape index (κ2) is 5.54. The number of H-pyrrole nitrogens is 1. The van der Waals surface area contributed by atoms with E-state index in [9.17, 15) is 9.18 Å². The third-order valence-electron chi connectivity index (χ3n) is 3.07. The largest absolute Gasteiger partial charge is 0.456 e. The zero-order valence-electron chi connectivity index (χ0n) is 10.8. The SMILES string of the molecule is O=C(OCc1c(F)cccc1Cl)c1n[nH]c2ccccc12. The van der Waals surface area contributed by atoms with E-state index in [4.69, 9.17) is 16.3 Å². The highest BCUT2D eigenvalue weighted by Gasteiger charge is 2.17. The zero-order chi connectivity index (χ0) is 14.8. The Morgan fingerprint density at radius 2 is 2.05 bits per heavy atom. The molecule has 2 aromatic carbocycles. The maximum atomic E-state index is 13.6. The van der Waals surface area contributed by atoms with Crippen LogP contribution in [0.4, 0.5) is 4.39 Å². The summed E-state index contributed by atoms with van der Waals surface area (Å²) >= 11 is 5.88. The number of aromatic amines is 1. The molecular formula is C15H10ClFN2O2. The van der Waals surface area contributed by atoms with Crippen LogP contribution in [0.3, 0.4) is 0 Å². The van der Waals surface area contributed by atoms with Crippen molar-refractivity contribution in [1.29, 1.82) is 0 Å². The molecule has 0 aliphatic heterocycles. The van der Waals surface area contributed by atoms with Crippen LogP contribution in [0.15, 0.2) is 42.5 Å². The molecule has 0 atom stereocenters. The molecule has 3 rings (SSSR count). The second-order valence-corrected chi connectivity index (χ2v) is 4.80. The van der Waals surface area contributed by atoms with E-state index in [2.05, 4.69) is 10.2 Å². The Morgan fingerprint density at radius 1 is 1.24 bits per heavy atom. The van der Waals surface area contributed by atoms with E-state index in [-0.39, 0.29) is 22.9 Å². The molecule has 6 heteroatoms. The van der Waals surface area contributed by atoms with Crippen LogP contribution in [0.1, 0.15) is 16.1 Å². The van der Waals surface area contributed by atoms with Gasteiger partial charge in [-0.1, -0.05) is 35.9 Å². The number of rotatable bonds is 3. The summed E-state index contributed by atoms with van der Waals surface area (Å²) in [6, 6.07) is 11.5. The number of ether oxygens (including phenoxy) is 1. The molecule has 0 amide bonds. The zero-order valence-corrected chi connectivity index (χ0v) is 11.5. The number of benzene rings is 2. The number of fused-ring (bicyclic) bond motifs is 1. The number of aromatic nitrogens is 2. The van der Waals surface area contributed by atoms with Gasteiger partial charge in [0, 0.05) is 10.9 Å². The molecule has 0 saturated carbocycles. The summed E-state index contributed by atoms with van der Waals surface area (Å²) in [5.74, 6) is -1.14. The highest BCUT2D eigenvalue weighted by molar-refractivity contribution is 6.31. The van der Waals surface area contributed by atoms with Gasteiger partial charge in [-0.2, -0.15) is 5.10 Å². The summed E-state index contributed by atoms with van der Waals surface area (Å²) in [5.41, 5.74) is 1.04. The normalized spacial score (nSPS) is 10.8. The molecule has 0 radical (unpaired) electrons. The van der Waals surface area contributed by atoms with E-state index in [0.717, 1.165) is 5.52 Å². The van der Waals surface area contributed by atoms with E-state index in [0.29, 0.717) is 5.39 Å². The Bertz CT molecular complexity index is 796. The Balaban J connectivity index is 1.81. The van der Waals surface area contributed by atoms with E-state index in [1.807, 2.05) is 6.07 Å². The fourth-order valence-electron chi connectivity index (χ4n) is 2.00. The third kappa shape index (κ3) is 2.60. The molecular weight excluding hydrogens is 295 g/mol. The van der Waals surface area contributed by atoms with Gasteiger partial charge < -0.3 is 4.74 Å². The first-order chi connectivity index (χ1) is 10.2. The predicted octanol–water partition coefficient (Wildman–Crippen LogP) is 3.71. The fraction of sp³-hybridized carbons (Fsp3) is 0.0667. The molecule has 0 unspecified atom stereocenters. The van der Waals surface area contributed by atoms with E-state index in [1.165, 1.54) is 18.2 Å². The van der Waals surface area contributed by atoms with Gasteiger partial charge in [0.15, 0.2) is 5.69 Å². The number of hydrogen-bond donors (Lipinski definition) is 1. The predicted molar refractivity (Wildman–Crippen MR) is 76.6 cm³/mol. The van der Waals surface area contributed by atoms with Gasteiger partial charge in [-0.15, -0.1) is 0 Å². The molecule has 21 heavy (non-hydrogen) atoms. The van der Waals surface area contributed by atoms with Crippen molar-refractivity contribution in [3.8, 4) is 0 Å². The molecule has 1 heterocycles. The van der Waals surface area contributed by atoms with Crippen molar-refractivity contribution in [3.05, 3.63) is 64.6 Å². The summed E-state index contributed by atoms with van der Waals surface area (Å²) in [5, 5.41) is 7.54. The third-order valence-corrected chi connectivity index (χ3v) is 3.43. The number of halogens is 2. The standard InChI is InChI=1S/C15H10ClFN2O2/c16-11-5-3-6-12(17)10(11)8-21-15(20)14-9-4-1-2-7-13(9)18-19-14/h1-7H,8H2,(H,18,19). The van der Waals surface area contributed by atoms with Crippen molar-refractivity contribution < 1.29 is 13.9 Å². The van der Waals surface area contributed by atoms with Crippen LogP contribution < -0.4 is 0 Å². The topological polar surface area (TPSA) is 55.0 Å². The number of para-hydroxylation sites is 1. The molecule has 1 aromatic heterocycles. The summed E-state index contributed by atoms with van der Waals surface area (Å²) in [4.78, 5) is 12.0. The van der Waals surface area contributed by atoms with Gasteiger partial charge in [-0.25, -0.2) is 9.18 Å². The first kappa shape index (κ1) is 13.6. The lowest BCUT2D eigenvalue weighted by Gasteiger charge is -2.06. The molecule has 0 saturated heterocycles. The van der Waals surface area contributed by atoms with Gasteiger partial charge in [-0.3, -0.25) is 5.10 Å². The number of esters is 1. The van der Waals surface area contributed by atoms with Gasteiger partial charge in [0.2, 0.25) is 0 Å². The minimum atomic E-state index is -0.633. The lowest BCUT2D eigenvalue weighted by molar-refractivity contribution is 0.0464. The molecule has 3 aromatic rings. The summed E-state index contributed by atoms with van der Waals surface area (Å²) in [7, 11) is 0. The van der Waals surface area contributed by atoms with Crippen LogP contribution in [-0.4, -0.2) is 16.2 Å². The van der Waals surface area contributed by atoms with Gasteiger partial charge in [0.05, 0.1) is 10.5 Å². The first-order valence-corrected chi connectivity index (χ1v) is 6.57. The van der Waals surface area contributed by atoms with Gasteiger partial charge in [0.25, 0.3) is 0 Å². The van der Waals surface area contributed by atoms with Gasteiger partial charge in [-0.05, 0) is 18.2 Å². The van der Waals surface area contributed by atoms with Crippen molar-refractivity contribution in [2.45, 2.75) is 6.61 Å². The maximum Gasteiger partial charge on any atom is 0.359 e. The van der Waals surface area contributed by atoms with E-state index < -0.39 is 11.8 Å². The first-order valence-electron chi connectivity index (χ1n) is 6.20. The number of hydrogen-bond acceptors (Lipinski definition) is 3. The Labute approximate surface area is 124 Å². The molecule has 0 bridgehead atoms. The van der Waals surface area contributed by atoms with Crippen LogP contribution >= 0.6 is 11.6 Å². The van der Waals surface area contributed by atoms with Crippen LogP contribution in [0, 0.1) is 5.82 Å². The van der Waals surface area contributed by atoms with E-state index in [1.54, 1.807) is 18.2 Å². The van der Waals surface area contributed by atoms with Crippen molar-refractivity contribution in [2.24, 2.45) is 0 Å². The van der Waals surface area contributed by atoms with Crippen molar-refractivity contribution >= 4 is 28.5 Å². The van der Waals surface area contributed by atoms with Crippen LogP contribution in [0.25, 0.3) is 10.9 Å². The average molecular weight is 305 g/mol.